The van der Waals surface area contributed by atoms with E-state index in [0.717, 1.165) is 10.0 Å². The number of hydrazone groups is 1. The van der Waals surface area contributed by atoms with E-state index in [-0.39, 0.29) is 12.7 Å². The predicted octanol–water partition coefficient (Wildman–Crippen LogP) is 3.61. The molecular formula is C17H13BrN2O3. The molecule has 5 nitrogen and oxygen atoms in total. The maximum atomic E-state index is 12.0. The van der Waals surface area contributed by atoms with Crippen LogP contribution in [0.2, 0.25) is 0 Å². The Morgan fingerprint density at radius 1 is 1.13 bits per heavy atom. The minimum Gasteiger partial charge on any atom is -0.454 e. The fourth-order valence-electron chi connectivity index (χ4n) is 1.97. The molecule has 1 N–H and O–H groups in total. The number of amides is 1. The molecule has 3 rings (SSSR count). The van der Waals surface area contributed by atoms with Gasteiger partial charge in [-0.05, 0) is 42.0 Å². The van der Waals surface area contributed by atoms with Crippen LogP contribution in [0.4, 0.5) is 0 Å². The average Bonchev–Trinajstić information content (AvgIpc) is 3.03. The number of carbonyl (C=O) groups is 1. The maximum absolute atomic E-state index is 12.0. The van der Waals surface area contributed by atoms with Crippen LogP contribution in [0.3, 0.4) is 0 Å². The normalized spacial score (nSPS) is 12.9. The molecule has 0 unspecified atom stereocenters. The van der Waals surface area contributed by atoms with E-state index in [1.807, 2.05) is 30.3 Å². The van der Waals surface area contributed by atoms with Crippen molar-refractivity contribution in [2.45, 2.75) is 0 Å². The first-order chi connectivity index (χ1) is 11.2. The van der Waals surface area contributed by atoms with Gasteiger partial charge in [-0.3, -0.25) is 4.79 Å². The van der Waals surface area contributed by atoms with Gasteiger partial charge in [-0.25, -0.2) is 5.43 Å². The zero-order valence-corrected chi connectivity index (χ0v) is 13.6. The standard InChI is InChI=1S/C17H13BrN2O3/c18-14-6-3-12(4-7-14)2-1-9-19-20-17(21)13-5-8-15-16(10-13)23-11-22-15/h1-10H,11H2,(H,20,21)/b2-1+,19-9+. The van der Waals surface area contributed by atoms with Crippen LogP contribution in [0, 0.1) is 0 Å². The first-order valence-corrected chi connectivity index (χ1v) is 7.67. The highest BCUT2D eigenvalue weighted by Crippen LogP contribution is 2.32. The van der Waals surface area contributed by atoms with E-state index in [4.69, 9.17) is 9.47 Å². The van der Waals surface area contributed by atoms with Crippen molar-refractivity contribution in [3.8, 4) is 11.5 Å². The van der Waals surface area contributed by atoms with E-state index >= 15 is 0 Å². The van der Waals surface area contributed by atoms with Gasteiger partial charge in [0, 0.05) is 16.3 Å². The van der Waals surface area contributed by atoms with E-state index in [0.29, 0.717) is 17.1 Å². The number of nitrogens with zero attached hydrogens (tertiary/aromatic N) is 1. The average molecular weight is 373 g/mol. The first-order valence-electron chi connectivity index (χ1n) is 6.88. The monoisotopic (exact) mass is 372 g/mol. The Morgan fingerprint density at radius 2 is 1.91 bits per heavy atom. The first kappa shape index (κ1) is 15.3. The van der Waals surface area contributed by atoms with Gasteiger partial charge in [-0.1, -0.05) is 34.1 Å². The Balaban J connectivity index is 1.55. The molecule has 0 spiro atoms. The fraction of sp³-hybridized carbons (Fsp3) is 0.0588. The lowest BCUT2D eigenvalue weighted by Crippen LogP contribution is -2.17. The number of hydrogen-bond acceptors (Lipinski definition) is 4. The third kappa shape index (κ3) is 3.98. The molecule has 1 aliphatic rings. The second-order valence-corrected chi connectivity index (χ2v) is 5.61. The van der Waals surface area contributed by atoms with Gasteiger partial charge in [-0.15, -0.1) is 0 Å². The molecule has 0 saturated carbocycles. The molecule has 0 radical (unpaired) electrons. The zero-order valence-electron chi connectivity index (χ0n) is 12.0. The number of benzene rings is 2. The number of halogens is 1. The van der Waals surface area contributed by atoms with Crippen molar-refractivity contribution < 1.29 is 14.3 Å². The third-order valence-electron chi connectivity index (χ3n) is 3.12. The lowest BCUT2D eigenvalue weighted by molar-refractivity contribution is 0.0954. The highest BCUT2D eigenvalue weighted by molar-refractivity contribution is 9.10. The molecule has 2 aromatic carbocycles. The van der Waals surface area contributed by atoms with Gasteiger partial charge in [0.25, 0.3) is 5.91 Å². The molecular weight excluding hydrogens is 360 g/mol. The fourth-order valence-corrected chi connectivity index (χ4v) is 2.23. The Bertz CT molecular complexity index is 770. The van der Waals surface area contributed by atoms with E-state index in [1.54, 1.807) is 24.3 Å². The van der Waals surface area contributed by atoms with E-state index in [1.165, 1.54) is 6.21 Å². The molecule has 0 bridgehead atoms. The van der Waals surface area contributed by atoms with E-state index in [2.05, 4.69) is 26.5 Å². The summed E-state index contributed by atoms with van der Waals surface area (Å²) in [5.74, 6) is 0.899. The van der Waals surface area contributed by atoms with Gasteiger partial charge in [0.1, 0.15) is 0 Å². The Kier molecular flexibility index (Phi) is 4.73. The third-order valence-corrected chi connectivity index (χ3v) is 3.65. The molecule has 6 heteroatoms. The largest absolute Gasteiger partial charge is 0.454 e. The highest BCUT2D eigenvalue weighted by atomic mass is 79.9. The maximum Gasteiger partial charge on any atom is 0.271 e. The van der Waals surface area contributed by atoms with Gasteiger partial charge in [0.15, 0.2) is 11.5 Å². The smallest absolute Gasteiger partial charge is 0.271 e. The van der Waals surface area contributed by atoms with Crippen molar-refractivity contribution in [1.29, 1.82) is 0 Å². The van der Waals surface area contributed by atoms with E-state index < -0.39 is 0 Å². The Labute approximate surface area is 141 Å². The van der Waals surface area contributed by atoms with Gasteiger partial charge in [0.05, 0.1) is 0 Å². The zero-order chi connectivity index (χ0) is 16.1. The molecule has 0 aliphatic carbocycles. The molecule has 0 atom stereocenters. The van der Waals surface area contributed by atoms with Crippen molar-refractivity contribution in [1.82, 2.24) is 5.43 Å². The topological polar surface area (TPSA) is 59.9 Å². The van der Waals surface area contributed by atoms with Crippen LogP contribution in [0.5, 0.6) is 11.5 Å². The number of fused-ring (bicyclic) bond motifs is 1. The van der Waals surface area contributed by atoms with Gasteiger partial charge < -0.3 is 9.47 Å². The second-order valence-electron chi connectivity index (χ2n) is 4.70. The SMILES string of the molecule is O=C(N/N=C/C=C/c1ccc(Br)cc1)c1ccc2c(c1)OCO2. The molecule has 116 valence electrons. The van der Waals surface area contributed by atoms with Crippen molar-refractivity contribution in [3.63, 3.8) is 0 Å². The molecule has 2 aromatic rings. The number of nitrogens with one attached hydrogen (secondary N) is 1. The van der Waals surface area contributed by atoms with Gasteiger partial charge in [0.2, 0.25) is 6.79 Å². The summed E-state index contributed by atoms with van der Waals surface area (Å²) < 4.78 is 11.5. The van der Waals surface area contributed by atoms with Crippen LogP contribution in [0.1, 0.15) is 15.9 Å². The van der Waals surface area contributed by atoms with Crippen LogP contribution >= 0.6 is 15.9 Å². The summed E-state index contributed by atoms with van der Waals surface area (Å²) in [5.41, 5.74) is 3.97. The predicted molar refractivity (Wildman–Crippen MR) is 91.7 cm³/mol. The minimum absolute atomic E-state index is 0.180. The summed E-state index contributed by atoms with van der Waals surface area (Å²) in [5, 5.41) is 3.88. The molecule has 1 amide bonds. The number of allylic oxidation sites excluding steroid dienone is 1. The van der Waals surface area contributed by atoms with Crippen molar-refractivity contribution in [2.24, 2.45) is 5.10 Å². The number of hydrogen-bond donors (Lipinski definition) is 1. The quantitative estimate of drug-likeness (QED) is 0.658. The molecule has 0 aromatic heterocycles. The molecule has 23 heavy (non-hydrogen) atoms. The number of ether oxygens (including phenoxy) is 2. The van der Waals surface area contributed by atoms with Crippen LogP contribution in [-0.4, -0.2) is 18.9 Å². The van der Waals surface area contributed by atoms with Crippen LogP contribution in [0.25, 0.3) is 6.08 Å². The van der Waals surface area contributed by atoms with Crippen LogP contribution in [-0.2, 0) is 0 Å². The Hall–Kier alpha value is -2.60. The Morgan fingerprint density at radius 3 is 2.74 bits per heavy atom. The van der Waals surface area contributed by atoms with Crippen LogP contribution < -0.4 is 14.9 Å². The van der Waals surface area contributed by atoms with Gasteiger partial charge in [-0.2, -0.15) is 5.10 Å². The summed E-state index contributed by atoms with van der Waals surface area (Å²) in [6.45, 7) is 0.180. The van der Waals surface area contributed by atoms with Gasteiger partial charge >= 0.3 is 0 Å². The van der Waals surface area contributed by atoms with E-state index in [9.17, 15) is 4.79 Å². The molecule has 0 saturated heterocycles. The van der Waals surface area contributed by atoms with Crippen LogP contribution in [0.15, 0.2) is 58.1 Å². The number of carbonyl (C=O) groups excluding carboxylic acids is 1. The summed E-state index contributed by atoms with van der Waals surface area (Å²) in [4.78, 5) is 12.0. The number of rotatable bonds is 4. The summed E-state index contributed by atoms with van der Waals surface area (Å²) in [7, 11) is 0. The second kappa shape index (κ2) is 7.11. The molecule has 1 heterocycles. The highest BCUT2D eigenvalue weighted by Gasteiger charge is 2.15. The van der Waals surface area contributed by atoms with Crippen molar-refractivity contribution in [2.75, 3.05) is 6.79 Å². The summed E-state index contributed by atoms with van der Waals surface area (Å²) >= 11 is 3.38. The lowest BCUT2D eigenvalue weighted by atomic mass is 10.2. The summed E-state index contributed by atoms with van der Waals surface area (Å²) in [6.07, 6.45) is 5.17. The minimum atomic E-state index is -0.309. The lowest BCUT2D eigenvalue weighted by Gasteiger charge is -2.01. The van der Waals surface area contributed by atoms with Crippen molar-refractivity contribution >= 4 is 34.1 Å². The molecule has 1 aliphatic heterocycles. The molecule has 0 fully saturated rings. The van der Waals surface area contributed by atoms with Crippen molar-refractivity contribution in [3.05, 3.63) is 64.1 Å². The summed E-state index contributed by atoms with van der Waals surface area (Å²) in [6, 6.07) is 12.9.